The van der Waals surface area contributed by atoms with Gasteiger partial charge in [-0.2, -0.15) is 0 Å². The van der Waals surface area contributed by atoms with Gasteiger partial charge >= 0.3 is 0 Å². The van der Waals surface area contributed by atoms with Gasteiger partial charge in [-0.25, -0.2) is 19.3 Å². The van der Waals surface area contributed by atoms with Crippen molar-refractivity contribution in [3.8, 4) is 11.4 Å². The number of aromatic nitrogens is 3. The molecule has 2 aliphatic rings. The maximum Gasteiger partial charge on any atom is 0.184 e. The highest BCUT2D eigenvalue weighted by molar-refractivity contribution is 5.63. The predicted molar refractivity (Wildman–Crippen MR) is 135 cm³/mol. The van der Waals surface area contributed by atoms with Crippen molar-refractivity contribution in [2.24, 2.45) is 0 Å². The van der Waals surface area contributed by atoms with Crippen molar-refractivity contribution in [3.63, 3.8) is 0 Å². The van der Waals surface area contributed by atoms with Crippen molar-refractivity contribution in [1.82, 2.24) is 24.8 Å². The summed E-state index contributed by atoms with van der Waals surface area (Å²) in [6.07, 6.45) is 3.05. The van der Waals surface area contributed by atoms with E-state index in [1.54, 1.807) is 0 Å². The molecule has 1 aromatic carbocycles. The normalized spacial score (nSPS) is 17.5. The fourth-order valence-corrected chi connectivity index (χ4v) is 4.47. The van der Waals surface area contributed by atoms with Crippen LogP contribution in [0, 0.1) is 5.82 Å². The smallest absolute Gasteiger partial charge is 0.184 e. The quantitative estimate of drug-likeness (QED) is 0.555. The van der Waals surface area contributed by atoms with Gasteiger partial charge in [-0.1, -0.05) is 13.0 Å². The second kappa shape index (κ2) is 11.1. The highest BCUT2D eigenvalue weighted by Gasteiger charge is 2.16. The number of hydrogen-bond donors (Lipinski definition) is 1. The third-order valence-corrected chi connectivity index (χ3v) is 6.64. The molecule has 0 atom stereocenters. The van der Waals surface area contributed by atoms with Gasteiger partial charge < -0.3 is 19.9 Å². The van der Waals surface area contributed by atoms with E-state index >= 15 is 0 Å². The third-order valence-electron chi connectivity index (χ3n) is 6.64. The van der Waals surface area contributed by atoms with Crippen LogP contribution in [0.15, 0.2) is 48.8 Å². The van der Waals surface area contributed by atoms with Crippen LogP contribution in [0.25, 0.3) is 11.4 Å². The Kier molecular flexibility index (Phi) is 7.46. The number of nitrogens with one attached hydrogen (secondary N) is 1. The minimum atomic E-state index is -0.515. The van der Waals surface area contributed by atoms with Crippen LogP contribution in [0.1, 0.15) is 12.5 Å². The standard InChI is InChI=1S/C26H32FN7O/c1-2-32-9-11-33(12-10-32)19-20-3-8-24(28-17-20)30-26-23(27)18-29-25(31-26)21-4-6-22(7-5-21)34-13-15-35-16-14-34/h3-8,17-18H,2,9-16,19H2,1H3,(H,28,29,30,31). The van der Waals surface area contributed by atoms with E-state index in [1.807, 2.05) is 42.6 Å². The summed E-state index contributed by atoms with van der Waals surface area (Å²) in [5, 5.41) is 3.01. The first-order valence-electron chi connectivity index (χ1n) is 12.3. The van der Waals surface area contributed by atoms with Gasteiger partial charge in [0.2, 0.25) is 0 Å². The third kappa shape index (κ3) is 5.93. The van der Waals surface area contributed by atoms with Crippen LogP contribution in [-0.2, 0) is 11.3 Å². The van der Waals surface area contributed by atoms with E-state index in [2.05, 4.69) is 41.9 Å². The van der Waals surface area contributed by atoms with Crippen molar-refractivity contribution in [2.45, 2.75) is 13.5 Å². The molecule has 9 heteroatoms. The second-order valence-corrected chi connectivity index (χ2v) is 8.92. The van der Waals surface area contributed by atoms with Gasteiger partial charge in [0.25, 0.3) is 0 Å². The molecule has 3 aromatic rings. The molecule has 0 bridgehead atoms. The zero-order valence-electron chi connectivity index (χ0n) is 20.2. The predicted octanol–water partition coefficient (Wildman–Crippen LogP) is 3.40. The topological polar surface area (TPSA) is 69.7 Å². The molecule has 8 nitrogen and oxygen atoms in total. The molecular weight excluding hydrogens is 445 g/mol. The van der Waals surface area contributed by atoms with Crippen molar-refractivity contribution >= 4 is 17.3 Å². The van der Waals surface area contributed by atoms with E-state index in [0.29, 0.717) is 11.6 Å². The average molecular weight is 478 g/mol. The zero-order chi connectivity index (χ0) is 24.0. The maximum absolute atomic E-state index is 14.5. The first-order valence-corrected chi connectivity index (χ1v) is 12.3. The molecular formula is C26H32FN7O. The molecule has 2 aliphatic heterocycles. The number of pyridine rings is 1. The van der Waals surface area contributed by atoms with Crippen molar-refractivity contribution in [3.05, 3.63) is 60.2 Å². The van der Waals surface area contributed by atoms with Crippen LogP contribution in [0.5, 0.6) is 0 Å². The van der Waals surface area contributed by atoms with E-state index in [9.17, 15) is 4.39 Å². The number of halogens is 1. The lowest BCUT2D eigenvalue weighted by molar-refractivity contribution is 0.122. The number of likely N-dealkylation sites (N-methyl/N-ethyl adjacent to an activating group) is 1. The number of morpholine rings is 1. The van der Waals surface area contributed by atoms with Gasteiger partial charge in [0, 0.05) is 63.3 Å². The SMILES string of the molecule is CCN1CCN(Cc2ccc(Nc3nc(-c4ccc(N5CCOCC5)cc4)ncc3F)nc2)CC1. The Hall–Kier alpha value is -3.14. The number of nitrogens with zero attached hydrogens (tertiary/aromatic N) is 6. The summed E-state index contributed by atoms with van der Waals surface area (Å²) in [5.74, 6) is 0.614. The number of rotatable bonds is 7. The lowest BCUT2D eigenvalue weighted by Gasteiger charge is -2.33. The van der Waals surface area contributed by atoms with Crippen LogP contribution in [0.3, 0.4) is 0 Å². The number of anilines is 3. The zero-order valence-corrected chi connectivity index (χ0v) is 20.2. The van der Waals surface area contributed by atoms with Crippen LogP contribution in [0.2, 0.25) is 0 Å². The molecule has 2 fully saturated rings. The van der Waals surface area contributed by atoms with Gasteiger partial charge in [0.1, 0.15) is 5.82 Å². The molecule has 0 spiro atoms. The molecule has 4 heterocycles. The summed E-state index contributed by atoms with van der Waals surface area (Å²) in [4.78, 5) is 20.3. The summed E-state index contributed by atoms with van der Waals surface area (Å²) in [6, 6.07) is 11.9. The summed E-state index contributed by atoms with van der Waals surface area (Å²) < 4.78 is 19.9. The minimum absolute atomic E-state index is 0.114. The summed E-state index contributed by atoms with van der Waals surface area (Å²) in [6.45, 7) is 11.8. The molecule has 184 valence electrons. The molecule has 0 unspecified atom stereocenters. The average Bonchev–Trinajstić information content (AvgIpc) is 2.92. The second-order valence-electron chi connectivity index (χ2n) is 8.92. The summed E-state index contributed by atoms with van der Waals surface area (Å²) in [5.41, 5.74) is 3.11. The van der Waals surface area contributed by atoms with Crippen LogP contribution in [0.4, 0.5) is 21.7 Å². The molecule has 2 aromatic heterocycles. The van der Waals surface area contributed by atoms with E-state index in [0.717, 1.165) is 82.4 Å². The molecule has 5 rings (SSSR count). The Balaban J connectivity index is 1.23. The Morgan fingerprint density at radius 2 is 1.63 bits per heavy atom. The Bertz CT molecular complexity index is 1100. The van der Waals surface area contributed by atoms with Crippen LogP contribution >= 0.6 is 0 Å². The number of benzene rings is 1. The number of piperazine rings is 1. The first kappa shape index (κ1) is 23.6. The van der Waals surface area contributed by atoms with Gasteiger partial charge in [-0.3, -0.25) is 4.90 Å². The van der Waals surface area contributed by atoms with E-state index in [-0.39, 0.29) is 5.82 Å². The molecule has 2 saturated heterocycles. The molecule has 0 amide bonds. The van der Waals surface area contributed by atoms with E-state index in [1.165, 1.54) is 6.20 Å². The number of ether oxygens (including phenoxy) is 1. The van der Waals surface area contributed by atoms with Crippen molar-refractivity contribution < 1.29 is 9.13 Å². The fraction of sp³-hybridized carbons (Fsp3) is 0.423. The monoisotopic (exact) mass is 477 g/mol. The highest BCUT2D eigenvalue weighted by atomic mass is 19.1. The molecule has 0 saturated carbocycles. The van der Waals surface area contributed by atoms with E-state index in [4.69, 9.17) is 4.74 Å². The van der Waals surface area contributed by atoms with Crippen molar-refractivity contribution in [2.75, 3.05) is 69.2 Å². The van der Waals surface area contributed by atoms with Gasteiger partial charge in [0.05, 0.1) is 19.4 Å². The van der Waals surface area contributed by atoms with Gasteiger partial charge in [-0.05, 0) is 42.4 Å². The first-order chi connectivity index (χ1) is 17.2. The lowest BCUT2D eigenvalue weighted by Crippen LogP contribution is -2.45. The largest absolute Gasteiger partial charge is 0.378 e. The van der Waals surface area contributed by atoms with Crippen LogP contribution < -0.4 is 10.2 Å². The molecule has 0 aliphatic carbocycles. The van der Waals surface area contributed by atoms with Gasteiger partial charge in [-0.15, -0.1) is 0 Å². The maximum atomic E-state index is 14.5. The number of hydrogen-bond acceptors (Lipinski definition) is 8. The Morgan fingerprint density at radius 1 is 0.886 bits per heavy atom. The highest BCUT2D eigenvalue weighted by Crippen LogP contribution is 2.24. The summed E-state index contributed by atoms with van der Waals surface area (Å²) in [7, 11) is 0. The Labute approximate surface area is 205 Å². The van der Waals surface area contributed by atoms with Gasteiger partial charge in [0.15, 0.2) is 17.5 Å². The summed E-state index contributed by atoms with van der Waals surface area (Å²) >= 11 is 0. The molecule has 1 N–H and O–H groups in total. The van der Waals surface area contributed by atoms with Crippen molar-refractivity contribution in [1.29, 1.82) is 0 Å². The Morgan fingerprint density at radius 3 is 2.31 bits per heavy atom. The molecule has 35 heavy (non-hydrogen) atoms. The van der Waals surface area contributed by atoms with E-state index < -0.39 is 5.82 Å². The minimum Gasteiger partial charge on any atom is -0.378 e. The lowest BCUT2D eigenvalue weighted by atomic mass is 10.1. The van der Waals surface area contributed by atoms with Crippen LogP contribution in [-0.4, -0.2) is 83.8 Å². The fourth-order valence-electron chi connectivity index (χ4n) is 4.47. The molecule has 0 radical (unpaired) electrons.